The molecule has 1 aromatic heterocycles. The maximum absolute atomic E-state index is 13.6. The summed E-state index contributed by atoms with van der Waals surface area (Å²) in [5.41, 5.74) is 0.194. The molecule has 0 aliphatic carbocycles. The molecular weight excluding hydrogens is 316 g/mol. The molecule has 0 unspecified atom stereocenters. The van der Waals surface area contributed by atoms with Crippen LogP contribution in [0.25, 0.3) is 0 Å². The Morgan fingerprint density at radius 1 is 1.08 bits per heavy atom. The molecule has 2 heterocycles. The summed E-state index contributed by atoms with van der Waals surface area (Å²) in [6.45, 7) is 1.40. The number of pyridine rings is 1. The summed E-state index contributed by atoms with van der Waals surface area (Å²) in [5.74, 6) is -2.44. The van der Waals surface area contributed by atoms with Crippen LogP contribution in [-0.4, -0.2) is 34.8 Å². The third kappa shape index (κ3) is 3.40. The summed E-state index contributed by atoms with van der Waals surface area (Å²) in [4.78, 5) is 30.2. The van der Waals surface area contributed by atoms with Crippen molar-refractivity contribution in [3.8, 4) is 0 Å². The van der Waals surface area contributed by atoms with E-state index in [4.69, 9.17) is 0 Å². The van der Waals surface area contributed by atoms with Gasteiger partial charge in [0, 0.05) is 30.9 Å². The highest BCUT2D eigenvalue weighted by molar-refractivity contribution is 6.04. The minimum Gasteiger partial charge on any atom is -0.339 e. The number of carbonyl (C=O) groups is 2. The van der Waals surface area contributed by atoms with Crippen molar-refractivity contribution in [3.63, 3.8) is 0 Å². The normalized spacial score (nSPS) is 13.8. The predicted molar refractivity (Wildman–Crippen MR) is 83.7 cm³/mol. The van der Waals surface area contributed by atoms with Crippen molar-refractivity contribution in [2.24, 2.45) is 0 Å². The molecule has 1 fully saturated rings. The van der Waals surface area contributed by atoms with Gasteiger partial charge < -0.3 is 10.2 Å². The van der Waals surface area contributed by atoms with Crippen LogP contribution in [0.2, 0.25) is 0 Å². The van der Waals surface area contributed by atoms with E-state index < -0.39 is 17.5 Å². The highest BCUT2D eigenvalue weighted by atomic mass is 19.1. The average molecular weight is 331 g/mol. The van der Waals surface area contributed by atoms with Gasteiger partial charge in [-0.05, 0) is 37.1 Å². The fourth-order valence-corrected chi connectivity index (χ4v) is 2.57. The van der Waals surface area contributed by atoms with Gasteiger partial charge in [-0.2, -0.15) is 0 Å². The fraction of sp³-hybridized carbons (Fsp3) is 0.235. The zero-order chi connectivity index (χ0) is 17.1. The van der Waals surface area contributed by atoms with Crippen LogP contribution in [0, 0.1) is 11.6 Å². The standard InChI is InChI=1S/C17H15F2N3O2/c18-12-3-4-14(13(19)10-12)21-16(23)15-9-11(5-6-20-15)17(24)22-7-1-2-8-22/h3-6,9-10H,1-2,7-8H2,(H,21,23). The van der Waals surface area contributed by atoms with E-state index in [1.807, 2.05) is 0 Å². The molecule has 1 aliphatic rings. The van der Waals surface area contributed by atoms with Crippen molar-refractivity contribution < 1.29 is 18.4 Å². The van der Waals surface area contributed by atoms with Crippen LogP contribution in [-0.2, 0) is 0 Å². The molecule has 0 atom stereocenters. The second-order valence-corrected chi connectivity index (χ2v) is 5.51. The number of anilines is 1. The molecule has 24 heavy (non-hydrogen) atoms. The Hall–Kier alpha value is -2.83. The maximum atomic E-state index is 13.6. The van der Waals surface area contributed by atoms with E-state index in [0.717, 1.165) is 25.0 Å². The maximum Gasteiger partial charge on any atom is 0.274 e. The largest absolute Gasteiger partial charge is 0.339 e. The number of rotatable bonds is 3. The van der Waals surface area contributed by atoms with Gasteiger partial charge in [0.15, 0.2) is 0 Å². The van der Waals surface area contributed by atoms with Gasteiger partial charge in [0.25, 0.3) is 11.8 Å². The van der Waals surface area contributed by atoms with E-state index in [0.29, 0.717) is 24.7 Å². The lowest BCUT2D eigenvalue weighted by Crippen LogP contribution is -2.28. The number of carbonyl (C=O) groups excluding carboxylic acids is 2. The molecule has 1 N–H and O–H groups in total. The zero-order valence-electron chi connectivity index (χ0n) is 12.8. The third-order valence-electron chi connectivity index (χ3n) is 3.81. The SMILES string of the molecule is O=C(Nc1ccc(F)cc1F)c1cc(C(=O)N2CCCC2)ccn1. The predicted octanol–water partition coefficient (Wildman–Crippen LogP) is 2.85. The average Bonchev–Trinajstić information content (AvgIpc) is 3.11. The smallest absolute Gasteiger partial charge is 0.274 e. The lowest BCUT2D eigenvalue weighted by atomic mass is 10.2. The second-order valence-electron chi connectivity index (χ2n) is 5.51. The number of amides is 2. The monoisotopic (exact) mass is 331 g/mol. The number of hydrogen-bond acceptors (Lipinski definition) is 3. The lowest BCUT2D eigenvalue weighted by Gasteiger charge is -2.15. The molecule has 2 amide bonds. The first-order valence-electron chi connectivity index (χ1n) is 7.56. The summed E-state index contributed by atoms with van der Waals surface area (Å²) in [6.07, 6.45) is 3.29. The van der Waals surface area contributed by atoms with Crippen molar-refractivity contribution in [2.75, 3.05) is 18.4 Å². The molecule has 124 valence electrons. The summed E-state index contributed by atoms with van der Waals surface area (Å²) in [7, 11) is 0. The van der Waals surface area contributed by atoms with Gasteiger partial charge in [-0.15, -0.1) is 0 Å². The van der Waals surface area contributed by atoms with Gasteiger partial charge in [0.1, 0.15) is 17.3 Å². The number of aromatic nitrogens is 1. The highest BCUT2D eigenvalue weighted by Crippen LogP contribution is 2.17. The van der Waals surface area contributed by atoms with Gasteiger partial charge in [-0.3, -0.25) is 14.6 Å². The Balaban J connectivity index is 1.77. The Bertz CT molecular complexity index is 789. The van der Waals surface area contributed by atoms with Crippen molar-refractivity contribution in [1.82, 2.24) is 9.88 Å². The van der Waals surface area contributed by atoms with Gasteiger partial charge in [0.2, 0.25) is 0 Å². The summed E-state index contributed by atoms with van der Waals surface area (Å²) in [6, 6.07) is 5.75. The number of halogens is 2. The number of benzene rings is 1. The summed E-state index contributed by atoms with van der Waals surface area (Å²) < 4.78 is 26.5. The van der Waals surface area contributed by atoms with E-state index in [9.17, 15) is 18.4 Å². The van der Waals surface area contributed by atoms with E-state index in [2.05, 4.69) is 10.3 Å². The molecule has 2 aromatic rings. The third-order valence-corrected chi connectivity index (χ3v) is 3.81. The van der Waals surface area contributed by atoms with E-state index >= 15 is 0 Å². The molecule has 0 saturated carbocycles. The van der Waals surface area contributed by atoms with Crippen LogP contribution in [0.1, 0.15) is 33.7 Å². The van der Waals surface area contributed by atoms with Crippen LogP contribution in [0.3, 0.4) is 0 Å². The molecule has 1 aliphatic heterocycles. The van der Waals surface area contributed by atoms with Crippen molar-refractivity contribution >= 4 is 17.5 Å². The Labute approximate surface area is 137 Å². The molecule has 0 spiro atoms. The second kappa shape index (κ2) is 6.74. The molecule has 1 aromatic carbocycles. The minimum atomic E-state index is -0.882. The van der Waals surface area contributed by atoms with E-state index in [1.54, 1.807) is 4.90 Å². The first-order valence-corrected chi connectivity index (χ1v) is 7.56. The summed E-state index contributed by atoms with van der Waals surface area (Å²) >= 11 is 0. The minimum absolute atomic E-state index is 0.0104. The van der Waals surface area contributed by atoms with Crippen molar-refractivity contribution in [3.05, 3.63) is 59.4 Å². The Morgan fingerprint density at radius 3 is 2.54 bits per heavy atom. The molecule has 7 heteroatoms. The van der Waals surface area contributed by atoms with Gasteiger partial charge in [-0.25, -0.2) is 8.78 Å². The van der Waals surface area contributed by atoms with Crippen LogP contribution in [0.15, 0.2) is 36.5 Å². The Morgan fingerprint density at radius 2 is 1.83 bits per heavy atom. The van der Waals surface area contributed by atoms with Crippen LogP contribution < -0.4 is 5.32 Å². The fourth-order valence-electron chi connectivity index (χ4n) is 2.57. The van der Waals surface area contributed by atoms with Crippen molar-refractivity contribution in [1.29, 1.82) is 0 Å². The van der Waals surface area contributed by atoms with Gasteiger partial charge in [0.05, 0.1) is 5.69 Å². The first-order chi connectivity index (χ1) is 11.5. The van der Waals surface area contributed by atoms with E-state index in [-0.39, 0.29) is 17.3 Å². The molecule has 5 nitrogen and oxygen atoms in total. The zero-order valence-corrected chi connectivity index (χ0v) is 12.8. The number of nitrogens with one attached hydrogen (secondary N) is 1. The molecule has 3 rings (SSSR count). The van der Waals surface area contributed by atoms with Crippen LogP contribution in [0.5, 0.6) is 0 Å². The van der Waals surface area contributed by atoms with Crippen LogP contribution in [0.4, 0.5) is 14.5 Å². The molecule has 0 radical (unpaired) electrons. The lowest BCUT2D eigenvalue weighted by molar-refractivity contribution is 0.0792. The Kier molecular flexibility index (Phi) is 4.50. The number of likely N-dealkylation sites (tertiary alicyclic amines) is 1. The van der Waals surface area contributed by atoms with Crippen molar-refractivity contribution in [2.45, 2.75) is 12.8 Å². The van der Waals surface area contributed by atoms with Gasteiger partial charge >= 0.3 is 0 Å². The first kappa shape index (κ1) is 16.0. The quantitative estimate of drug-likeness (QED) is 0.941. The molecule has 0 bridgehead atoms. The summed E-state index contributed by atoms with van der Waals surface area (Å²) in [5, 5.41) is 2.32. The van der Waals surface area contributed by atoms with Gasteiger partial charge in [-0.1, -0.05) is 0 Å². The highest BCUT2D eigenvalue weighted by Gasteiger charge is 2.21. The molecular formula is C17H15F2N3O2. The number of hydrogen-bond donors (Lipinski definition) is 1. The molecule has 1 saturated heterocycles. The topological polar surface area (TPSA) is 62.3 Å². The van der Waals surface area contributed by atoms with Crippen LogP contribution >= 0.6 is 0 Å². The number of nitrogens with zero attached hydrogens (tertiary/aromatic N) is 2. The van der Waals surface area contributed by atoms with E-state index in [1.165, 1.54) is 18.3 Å².